The van der Waals surface area contributed by atoms with Gasteiger partial charge >= 0.3 is 0 Å². The van der Waals surface area contributed by atoms with Crippen LogP contribution >= 0.6 is 15.9 Å². The molecule has 0 saturated heterocycles. The van der Waals surface area contributed by atoms with Crippen LogP contribution in [0.5, 0.6) is 0 Å². The highest BCUT2D eigenvalue weighted by molar-refractivity contribution is 9.09. The Morgan fingerprint density at radius 1 is 1.33 bits per heavy atom. The predicted molar refractivity (Wildman–Crippen MR) is 54.7 cm³/mol. The average molecular weight is 229 g/mol. The van der Waals surface area contributed by atoms with E-state index in [0.29, 0.717) is 5.33 Å². The molecular weight excluding hydrogens is 216 g/mol. The van der Waals surface area contributed by atoms with Gasteiger partial charge in [0.05, 0.1) is 6.10 Å². The van der Waals surface area contributed by atoms with E-state index in [9.17, 15) is 5.11 Å². The summed E-state index contributed by atoms with van der Waals surface area (Å²) in [4.78, 5) is 0. The Hall–Kier alpha value is -0.340. The smallest absolute Gasteiger partial charge is 0.0886 e. The van der Waals surface area contributed by atoms with Crippen LogP contribution in [-0.4, -0.2) is 10.4 Å². The first-order valence-electron chi connectivity index (χ1n) is 3.96. The molecule has 2 heteroatoms. The number of aliphatic hydroxyl groups excluding tert-OH is 1. The molecule has 0 aliphatic carbocycles. The zero-order valence-electron chi connectivity index (χ0n) is 7.34. The summed E-state index contributed by atoms with van der Waals surface area (Å²) in [5, 5.41) is 10.1. The number of alkyl halides is 1. The minimum atomic E-state index is -0.385. The van der Waals surface area contributed by atoms with Gasteiger partial charge in [0.15, 0.2) is 0 Å². The molecule has 12 heavy (non-hydrogen) atoms. The van der Waals surface area contributed by atoms with Gasteiger partial charge in [-0.1, -0.05) is 34.1 Å². The molecule has 66 valence electrons. The zero-order chi connectivity index (χ0) is 9.14. The number of aryl methyl sites for hydroxylation is 2. The Morgan fingerprint density at radius 2 is 2.00 bits per heavy atom. The summed E-state index contributed by atoms with van der Waals surface area (Å²) >= 11 is 3.24. The second-order valence-electron chi connectivity index (χ2n) is 3.01. The molecule has 1 aromatic carbocycles. The van der Waals surface area contributed by atoms with E-state index in [1.165, 1.54) is 11.1 Å². The van der Waals surface area contributed by atoms with Crippen molar-refractivity contribution in [1.82, 2.24) is 0 Å². The van der Waals surface area contributed by atoms with E-state index in [0.717, 1.165) is 5.56 Å². The maximum atomic E-state index is 9.50. The van der Waals surface area contributed by atoms with Gasteiger partial charge in [-0.25, -0.2) is 0 Å². The third kappa shape index (κ3) is 2.08. The fourth-order valence-corrected chi connectivity index (χ4v) is 1.43. The summed E-state index contributed by atoms with van der Waals surface area (Å²) in [7, 11) is 0. The molecule has 1 aromatic rings. The molecule has 0 radical (unpaired) electrons. The van der Waals surface area contributed by atoms with Crippen molar-refractivity contribution in [3.05, 3.63) is 34.9 Å². The van der Waals surface area contributed by atoms with Crippen molar-refractivity contribution in [3.8, 4) is 0 Å². The van der Waals surface area contributed by atoms with Crippen molar-refractivity contribution in [1.29, 1.82) is 0 Å². The molecule has 0 bridgehead atoms. The molecule has 0 aliphatic rings. The van der Waals surface area contributed by atoms with Crippen molar-refractivity contribution in [2.24, 2.45) is 0 Å². The van der Waals surface area contributed by atoms with Gasteiger partial charge in [0.1, 0.15) is 0 Å². The van der Waals surface area contributed by atoms with Crippen molar-refractivity contribution >= 4 is 15.9 Å². The lowest BCUT2D eigenvalue weighted by atomic mass is 10.0. The van der Waals surface area contributed by atoms with Gasteiger partial charge in [0, 0.05) is 5.33 Å². The third-order valence-electron chi connectivity index (χ3n) is 2.06. The van der Waals surface area contributed by atoms with Crippen LogP contribution < -0.4 is 0 Å². The number of halogens is 1. The first-order valence-corrected chi connectivity index (χ1v) is 5.08. The fraction of sp³-hybridized carbons (Fsp3) is 0.400. The zero-order valence-corrected chi connectivity index (χ0v) is 8.93. The second-order valence-corrected chi connectivity index (χ2v) is 3.66. The van der Waals surface area contributed by atoms with Crippen LogP contribution in [0, 0.1) is 13.8 Å². The van der Waals surface area contributed by atoms with E-state index in [2.05, 4.69) is 29.8 Å². The van der Waals surface area contributed by atoms with Crippen molar-refractivity contribution in [2.45, 2.75) is 20.0 Å². The maximum Gasteiger partial charge on any atom is 0.0886 e. The van der Waals surface area contributed by atoms with Crippen molar-refractivity contribution in [2.75, 3.05) is 5.33 Å². The van der Waals surface area contributed by atoms with Gasteiger partial charge in [-0.2, -0.15) is 0 Å². The van der Waals surface area contributed by atoms with Gasteiger partial charge in [0.25, 0.3) is 0 Å². The molecule has 1 N–H and O–H groups in total. The Balaban J connectivity index is 2.96. The van der Waals surface area contributed by atoms with Gasteiger partial charge < -0.3 is 5.11 Å². The van der Waals surface area contributed by atoms with Crippen molar-refractivity contribution < 1.29 is 5.11 Å². The van der Waals surface area contributed by atoms with E-state index in [1.807, 2.05) is 18.2 Å². The van der Waals surface area contributed by atoms with E-state index < -0.39 is 0 Å². The van der Waals surface area contributed by atoms with Crippen LogP contribution in [-0.2, 0) is 0 Å². The van der Waals surface area contributed by atoms with Gasteiger partial charge in [-0.15, -0.1) is 0 Å². The van der Waals surface area contributed by atoms with E-state index in [4.69, 9.17) is 0 Å². The number of hydrogen-bond acceptors (Lipinski definition) is 1. The molecule has 1 atom stereocenters. The molecular formula is C10H13BrO. The molecule has 0 amide bonds. The predicted octanol–water partition coefficient (Wildman–Crippen LogP) is 2.73. The number of aliphatic hydroxyl groups is 1. The minimum absolute atomic E-state index is 0.385. The van der Waals surface area contributed by atoms with Crippen LogP contribution in [0.25, 0.3) is 0 Å². The van der Waals surface area contributed by atoms with Crippen LogP contribution in [0.2, 0.25) is 0 Å². The van der Waals surface area contributed by atoms with Crippen LogP contribution in [0.4, 0.5) is 0 Å². The highest BCUT2D eigenvalue weighted by atomic mass is 79.9. The Morgan fingerprint density at radius 3 is 2.50 bits per heavy atom. The topological polar surface area (TPSA) is 20.2 Å². The largest absolute Gasteiger partial charge is 0.388 e. The summed E-state index contributed by atoms with van der Waals surface area (Å²) in [6, 6.07) is 6.03. The normalized spacial score (nSPS) is 13.0. The summed E-state index contributed by atoms with van der Waals surface area (Å²) in [6.45, 7) is 4.12. The van der Waals surface area contributed by atoms with Crippen LogP contribution in [0.3, 0.4) is 0 Å². The Kier molecular flexibility index (Phi) is 3.29. The van der Waals surface area contributed by atoms with Gasteiger partial charge in [-0.3, -0.25) is 0 Å². The average Bonchev–Trinajstić information content (AvgIpc) is 2.08. The molecule has 0 aliphatic heterocycles. The number of benzene rings is 1. The summed E-state index contributed by atoms with van der Waals surface area (Å²) in [5.74, 6) is 0. The molecule has 0 aromatic heterocycles. The molecule has 1 rings (SSSR count). The lowest BCUT2D eigenvalue weighted by Crippen LogP contribution is -1.98. The summed E-state index contributed by atoms with van der Waals surface area (Å²) in [5.41, 5.74) is 3.47. The quantitative estimate of drug-likeness (QED) is 0.773. The first kappa shape index (κ1) is 9.75. The molecule has 0 unspecified atom stereocenters. The monoisotopic (exact) mass is 228 g/mol. The molecule has 0 saturated carbocycles. The van der Waals surface area contributed by atoms with Gasteiger partial charge in [-0.05, 0) is 30.5 Å². The lowest BCUT2D eigenvalue weighted by Gasteiger charge is -2.09. The summed E-state index contributed by atoms with van der Waals surface area (Å²) in [6.07, 6.45) is -0.385. The maximum absolute atomic E-state index is 9.50. The van der Waals surface area contributed by atoms with E-state index >= 15 is 0 Å². The van der Waals surface area contributed by atoms with E-state index in [-0.39, 0.29) is 6.10 Å². The fourth-order valence-electron chi connectivity index (χ4n) is 1.06. The summed E-state index contributed by atoms with van der Waals surface area (Å²) < 4.78 is 0. The molecule has 0 fully saturated rings. The van der Waals surface area contributed by atoms with Gasteiger partial charge in [0.2, 0.25) is 0 Å². The standard InChI is InChI=1S/C10H13BrO/c1-7-3-4-9(5-8(7)2)10(12)6-11/h3-5,10,12H,6H2,1-2H3/t10-/m0/s1. The number of hydrogen-bond donors (Lipinski definition) is 1. The van der Waals surface area contributed by atoms with Crippen LogP contribution in [0.15, 0.2) is 18.2 Å². The Bertz CT molecular complexity index is 271. The highest BCUT2D eigenvalue weighted by Gasteiger charge is 2.05. The molecule has 0 heterocycles. The van der Waals surface area contributed by atoms with Crippen LogP contribution in [0.1, 0.15) is 22.8 Å². The van der Waals surface area contributed by atoms with E-state index in [1.54, 1.807) is 0 Å². The third-order valence-corrected chi connectivity index (χ3v) is 2.68. The highest BCUT2D eigenvalue weighted by Crippen LogP contribution is 2.18. The first-order chi connectivity index (χ1) is 5.65. The number of rotatable bonds is 2. The minimum Gasteiger partial charge on any atom is -0.388 e. The molecule has 1 nitrogen and oxygen atoms in total. The SMILES string of the molecule is Cc1ccc([C@@H](O)CBr)cc1C. The van der Waals surface area contributed by atoms with Crippen molar-refractivity contribution in [3.63, 3.8) is 0 Å². The molecule has 0 spiro atoms. The Labute approximate surface area is 81.6 Å². The second kappa shape index (κ2) is 4.06. The lowest BCUT2D eigenvalue weighted by molar-refractivity contribution is 0.205.